The number of hydrogen-bond donors (Lipinski definition) is 3. The zero-order valence-electron chi connectivity index (χ0n) is 13.5. The first kappa shape index (κ1) is 16.4. The molecule has 0 radical (unpaired) electrons. The summed E-state index contributed by atoms with van der Waals surface area (Å²) in [4.78, 5) is 12.8. The summed E-state index contributed by atoms with van der Waals surface area (Å²) in [6.45, 7) is 5.49. The Morgan fingerprint density at radius 3 is 2.48 bits per heavy atom. The lowest BCUT2D eigenvalue weighted by Gasteiger charge is -2.08. The molecule has 3 aromatic rings. The van der Waals surface area contributed by atoms with Crippen LogP contribution in [0, 0.1) is 0 Å². The Labute approximate surface area is 143 Å². The number of aromatic hydroxyl groups is 3. The van der Waals surface area contributed by atoms with E-state index in [9.17, 15) is 20.1 Å². The number of phenolic OH excluding ortho intramolecular Hbond substituents is 3. The molecule has 3 N–H and O–H groups in total. The first-order valence-corrected chi connectivity index (χ1v) is 7.52. The van der Waals surface area contributed by atoms with E-state index in [1.165, 1.54) is 30.5 Å². The van der Waals surface area contributed by atoms with Gasteiger partial charge in [0.15, 0.2) is 0 Å². The number of hydrogen-bond acceptors (Lipinski definition) is 5. The number of phenols is 3. The highest BCUT2D eigenvalue weighted by Crippen LogP contribution is 2.36. The largest absolute Gasteiger partial charge is 0.508 e. The predicted molar refractivity (Wildman–Crippen MR) is 96.8 cm³/mol. The molecule has 0 saturated heterocycles. The van der Waals surface area contributed by atoms with Gasteiger partial charge < -0.3 is 19.7 Å². The zero-order chi connectivity index (χ0) is 18.1. The Hall–Kier alpha value is -3.47. The molecule has 2 aromatic carbocycles. The Morgan fingerprint density at radius 1 is 1.16 bits per heavy atom. The van der Waals surface area contributed by atoms with Crippen LogP contribution in [-0.2, 0) is 0 Å². The fourth-order valence-corrected chi connectivity index (χ4v) is 2.50. The van der Waals surface area contributed by atoms with Crippen molar-refractivity contribution in [3.63, 3.8) is 0 Å². The summed E-state index contributed by atoms with van der Waals surface area (Å²) < 4.78 is 5.43. The first-order valence-electron chi connectivity index (χ1n) is 7.52. The SMILES string of the molecule is C=C(C)C=Cc1c(O)cc2occ(-c3ccc(O)cc3)c(=O)c2c1O. The molecule has 126 valence electrons. The van der Waals surface area contributed by atoms with Gasteiger partial charge in [0.2, 0.25) is 5.43 Å². The minimum Gasteiger partial charge on any atom is -0.508 e. The third-order valence-electron chi connectivity index (χ3n) is 3.77. The summed E-state index contributed by atoms with van der Waals surface area (Å²) in [6.07, 6.45) is 4.37. The summed E-state index contributed by atoms with van der Waals surface area (Å²) in [6, 6.07) is 7.35. The van der Waals surface area contributed by atoms with Crippen LogP contribution in [0.15, 0.2) is 64.0 Å². The van der Waals surface area contributed by atoms with Gasteiger partial charge in [-0.2, -0.15) is 0 Å². The van der Waals surface area contributed by atoms with Crippen molar-refractivity contribution < 1.29 is 19.7 Å². The summed E-state index contributed by atoms with van der Waals surface area (Å²) in [5.41, 5.74) is 1.27. The highest BCUT2D eigenvalue weighted by Gasteiger charge is 2.17. The molecule has 0 saturated carbocycles. The van der Waals surface area contributed by atoms with E-state index in [1.807, 2.05) is 0 Å². The Bertz CT molecular complexity index is 1060. The van der Waals surface area contributed by atoms with Gasteiger partial charge in [-0.1, -0.05) is 30.4 Å². The van der Waals surface area contributed by atoms with Crippen LogP contribution in [0.3, 0.4) is 0 Å². The lowest BCUT2D eigenvalue weighted by molar-refractivity contribution is 0.450. The van der Waals surface area contributed by atoms with Gasteiger partial charge in [0.1, 0.15) is 34.5 Å². The molecule has 5 nitrogen and oxygen atoms in total. The van der Waals surface area contributed by atoms with Crippen LogP contribution in [0.2, 0.25) is 0 Å². The van der Waals surface area contributed by atoms with Crippen LogP contribution in [0.25, 0.3) is 28.2 Å². The molecule has 5 heteroatoms. The molecule has 0 atom stereocenters. The van der Waals surface area contributed by atoms with E-state index in [-0.39, 0.29) is 39.3 Å². The molecule has 1 aromatic heterocycles. The maximum atomic E-state index is 12.8. The molecule has 0 aliphatic rings. The van der Waals surface area contributed by atoms with Crippen LogP contribution >= 0.6 is 0 Å². The third-order valence-corrected chi connectivity index (χ3v) is 3.77. The standard InChI is InChI=1S/C20H16O5/c1-11(2)3-8-14-16(22)9-17-18(19(14)23)20(24)15(10-25-17)12-4-6-13(21)7-5-12/h3-10,21-23H,1H2,2H3. The number of rotatable bonds is 3. The van der Waals surface area contributed by atoms with Gasteiger partial charge in [-0.05, 0) is 30.7 Å². The van der Waals surface area contributed by atoms with E-state index in [2.05, 4.69) is 6.58 Å². The number of benzene rings is 2. The van der Waals surface area contributed by atoms with E-state index in [4.69, 9.17) is 4.42 Å². The highest BCUT2D eigenvalue weighted by molar-refractivity contribution is 5.92. The van der Waals surface area contributed by atoms with E-state index in [0.717, 1.165) is 5.57 Å². The van der Waals surface area contributed by atoms with Gasteiger partial charge >= 0.3 is 0 Å². The Morgan fingerprint density at radius 2 is 1.84 bits per heavy atom. The van der Waals surface area contributed by atoms with Gasteiger partial charge in [-0.3, -0.25) is 4.79 Å². The van der Waals surface area contributed by atoms with Crippen LogP contribution in [-0.4, -0.2) is 15.3 Å². The first-order chi connectivity index (χ1) is 11.9. The number of fused-ring (bicyclic) bond motifs is 1. The zero-order valence-corrected chi connectivity index (χ0v) is 13.5. The summed E-state index contributed by atoms with van der Waals surface area (Å²) in [5, 5.41) is 29.9. The molecular weight excluding hydrogens is 320 g/mol. The van der Waals surface area contributed by atoms with Crippen molar-refractivity contribution in [2.75, 3.05) is 0 Å². The molecule has 1 heterocycles. The molecule has 0 amide bonds. The average Bonchev–Trinajstić information content (AvgIpc) is 2.55. The summed E-state index contributed by atoms with van der Waals surface area (Å²) in [7, 11) is 0. The monoisotopic (exact) mass is 336 g/mol. The number of allylic oxidation sites excluding steroid dienone is 2. The molecule has 0 fully saturated rings. The van der Waals surface area contributed by atoms with Gasteiger partial charge in [0, 0.05) is 6.07 Å². The molecule has 0 aliphatic heterocycles. The van der Waals surface area contributed by atoms with Crippen LogP contribution in [0.4, 0.5) is 0 Å². The van der Waals surface area contributed by atoms with Crippen molar-refractivity contribution >= 4 is 17.0 Å². The van der Waals surface area contributed by atoms with Crippen molar-refractivity contribution in [3.8, 4) is 28.4 Å². The van der Waals surface area contributed by atoms with Crippen molar-refractivity contribution in [1.29, 1.82) is 0 Å². The highest BCUT2D eigenvalue weighted by atomic mass is 16.3. The van der Waals surface area contributed by atoms with Crippen LogP contribution in [0.5, 0.6) is 17.2 Å². The van der Waals surface area contributed by atoms with E-state index in [0.29, 0.717) is 5.56 Å². The van der Waals surface area contributed by atoms with Crippen molar-refractivity contribution in [3.05, 3.63) is 70.6 Å². The maximum absolute atomic E-state index is 12.8. The third kappa shape index (κ3) is 2.99. The van der Waals surface area contributed by atoms with Gasteiger partial charge in [-0.25, -0.2) is 0 Å². The van der Waals surface area contributed by atoms with Gasteiger partial charge in [0.25, 0.3) is 0 Å². The smallest absolute Gasteiger partial charge is 0.204 e. The topological polar surface area (TPSA) is 90.9 Å². The van der Waals surface area contributed by atoms with E-state index < -0.39 is 5.43 Å². The van der Waals surface area contributed by atoms with E-state index in [1.54, 1.807) is 25.1 Å². The molecule has 3 rings (SSSR count). The fraction of sp³-hybridized carbons (Fsp3) is 0.0500. The molecule has 0 bridgehead atoms. The Balaban J connectivity index is 2.29. The molecule has 0 aliphatic carbocycles. The minimum atomic E-state index is -0.436. The normalized spacial score (nSPS) is 11.2. The van der Waals surface area contributed by atoms with Crippen LogP contribution < -0.4 is 5.43 Å². The van der Waals surface area contributed by atoms with Crippen molar-refractivity contribution in [1.82, 2.24) is 0 Å². The minimum absolute atomic E-state index is 0.0234. The van der Waals surface area contributed by atoms with Crippen molar-refractivity contribution in [2.45, 2.75) is 6.92 Å². The second-order valence-corrected chi connectivity index (χ2v) is 5.74. The predicted octanol–water partition coefficient (Wildman–Crippen LogP) is 4.17. The maximum Gasteiger partial charge on any atom is 0.204 e. The molecule has 0 unspecified atom stereocenters. The van der Waals surface area contributed by atoms with Gasteiger partial charge in [-0.15, -0.1) is 0 Å². The average molecular weight is 336 g/mol. The molecule has 25 heavy (non-hydrogen) atoms. The van der Waals surface area contributed by atoms with Crippen molar-refractivity contribution in [2.24, 2.45) is 0 Å². The van der Waals surface area contributed by atoms with E-state index >= 15 is 0 Å². The summed E-state index contributed by atoms with van der Waals surface area (Å²) in [5.74, 6) is -0.487. The summed E-state index contributed by atoms with van der Waals surface area (Å²) >= 11 is 0. The second-order valence-electron chi connectivity index (χ2n) is 5.74. The fourth-order valence-electron chi connectivity index (χ4n) is 2.50. The van der Waals surface area contributed by atoms with Crippen LogP contribution in [0.1, 0.15) is 12.5 Å². The molecule has 0 spiro atoms. The lowest BCUT2D eigenvalue weighted by atomic mass is 10.0. The quantitative estimate of drug-likeness (QED) is 0.625. The Kier molecular flexibility index (Phi) is 4.07. The second kappa shape index (κ2) is 6.20. The lowest BCUT2D eigenvalue weighted by Crippen LogP contribution is -2.05. The molecular formula is C20H16O5. The van der Waals surface area contributed by atoms with Gasteiger partial charge in [0.05, 0.1) is 11.1 Å².